The molecule has 1 N–H and O–H groups in total. The van der Waals surface area contributed by atoms with Crippen LogP contribution in [0.3, 0.4) is 0 Å². The smallest absolute Gasteiger partial charge is 0.131 e. The number of piperazine rings is 1. The summed E-state index contributed by atoms with van der Waals surface area (Å²) in [5.74, 6) is 1.32. The molecule has 1 saturated heterocycles. The third-order valence-electron chi connectivity index (χ3n) is 4.54. The van der Waals surface area contributed by atoms with E-state index in [0.29, 0.717) is 0 Å². The molecule has 20 heavy (non-hydrogen) atoms. The van der Waals surface area contributed by atoms with Gasteiger partial charge in [-0.1, -0.05) is 6.92 Å². The van der Waals surface area contributed by atoms with Crippen molar-refractivity contribution in [1.82, 2.24) is 20.0 Å². The Morgan fingerprint density at radius 3 is 2.50 bits per heavy atom. The first kappa shape index (κ1) is 13.9. The van der Waals surface area contributed by atoms with Crippen molar-refractivity contribution in [2.45, 2.75) is 39.3 Å². The van der Waals surface area contributed by atoms with Crippen molar-refractivity contribution in [3.8, 4) is 0 Å². The van der Waals surface area contributed by atoms with Crippen LogP contribution in [0.15, 0.2) is 0 Å². The molecule has 1 aromatic heterocycles. The van der Waals surface area contributed by atoms with E-state index in [2.05, 4.69) is 45.8 Å². The monoisotopic (exact) mass is 277 g/mol. The maximum atomic E-state index is 4.63. The highest BCUT2D eigenvalue weighted by Gasteiger charge is 2.32. The van der Waals surface area contributed by atoms with Gasteiger partial charge in [0, 0.05) is 51.4 Å². The molecule has 5 heteroatoms. The van der Waals surface area contributed by atoms with Crippen molar-refractivity contribution in [2.24, 2.45) is 7.05 Å². The zero-order valence-corrected chi connectivity index (χ0v) is 13.0. The summed E-state index contributed by atoms with van der Waals surface area (Å²) in [5.41, 5.74) is 2.53. The van der Waals surface area contributed by atoms with E-state index in [1.54, 1.807) is 0 Å². The van der Waals surface area contributed by atoms with E-state index < -0.39 is 0 Å². The van der Waals surface area contributed by atoms with Crippen LogP contribution in [0.25, 0.3) is 0 Å². The lowest BCUT2D eigenvalue weighted by Crippen LogP contribution is -2.48. The Morgan fingerprint density at radius 2 is 1.90 bits per heavy atom. The van der Waals surface area contributed by atoms with E-state index in [9.17, 15) is 0 Å². The Kier molecular flexibility index (Phi) is 3.98. The minimum Gasteiger partial charge on any atom is -0.354 e. The highest BCUT2D eigenvalue weighted by Crippen LogP contribution is 2.30. The molecule has 3 rings (SSSR count). The van der Waals surface area contributed by atoms with E-state index >= 15 is 0 Å². The molecule has 0 atom stereocenters. The van der Waals surface area contributed by atoms with Gasteiger partial charge in [-0.05, 0) is 26.3 Å². The second-order valence-corrected chi connectivity index (χ2v) is 6.05. The van der Waals surface area contributed by atoms with Gasteiger partial charge < -0.3 is 10.2 Å². The summed E-state index contributed by atoms with van der Waals surface area (Å²) < 4.78 is 2.06. The SMILES string of the molecule is CCNCc1c(C)nn(C)c1N1CCN(C2CC2)CC1. The molecule has 0 amide bonds. The van der Waals surface area contributed by atoms with Crippen LogP contribution in [-0.2, 0) is 13.6 Å². The van der Waals surface area contributed by atoms with E-state index in [1.165, 1.54) is 37.3 Å². The van der Waals surface area contributed by atoms with Gasteiger partial charge in [-0.15, -0.1) is 0 Å². The maximum Gasteiger partial charge on any atom is 0.131 e. The quantitative estimate of drug-likeness (QED) is 0.875. The molecule has 0 bridgehead atoms. The lowest BCUT2D eigenvalue weighted by molar-refractivity contribution is 0.247. The predicted octanol–water partition coefficient (Wildman–Crippen LogP) is 1.12. The summed E-state index contributed by atoms with van der Waals surface area (Å²) in [7, 11) is 2.07. The average Bonchev–Trinajstić information content (AvgIpc) is 3.24. The summed E-state index contributed by atoms with van der Waals surface area (Å²) in [4.78, 5) is 5.18. The first-order chi connectivity index (χ1) is 9.70. The summed E-state index contributed by atoms with van der Waals surface area (Å²) in [6.07, 6.45) is 2.83. The number of aryl methyl sites for hydroxylation is 2. The lowest BCUT2D eigenvalue weighted by Gasteiger charge is -2.36. The van der Waals surface area contributed by atoms with Crippen LogP contribution in [0.4, 0.5) is 5.82 Å². The second-order valence-electron chi connectivity index (χ2n) is 6.05. The van der Waals surface area contributed by atoms with E-state index in [0.717, 1.165) is 37.9 Å². The topological polar surface area (TPSA) is 36.3 Å². The summed E-state index contributed by atoms with van der Waals surface area (Å²) in [5, 5.41) is 8.07. The average molecular weight is 277 g/mol. The fourth-order valence-electron chi connectivity index (χ4n) is 3.28. The van der Waals surface area contributed by atoms with Gasteiger partial charge in [0.05, 0.1) is 5.69 Å². The van der Waals surface area contributed by atoms with Gasteiger partial charge in [0.25, 0.3) is 0 Å². The van der Waals surface area contributed by atoms with Gasteiger partial charge in [0.15, 0.2) is 0 Å². The van der Waals surface area contributed by atoms with Crippen molar-refractivity contribution in [2.75, 3.05) is 37.6 Å². The summed E-state index contributed by atoms with van der Waals surface area (Å²) >= 11 is 0. The number of nitrogens with one attached hydrogen (secondary N) is 1. The zero-order chi connectivity index (χ0) is 14.1. The van der Waals surface area contributed by atoms with E-state index in [1.807, 2.05) is 0 Å². The number of aromatic nitrogens is 2. The normalized spacial score (nSPS) is 20.6. The van der Waals surface area contributed by atoms with Crippen LogP contribution in [0.5, 0.6) is 0 Å². The number of nitrogens with zero attached hydrogens (tertiary/aromatic N) is 4. The molecule has 5 nitrogen and oxygen atoms in total. The largest absolute Gasteiger partial charge is 0.354 e. The molecule has 2 fully saturated rings. The minimum atomic E-state index is 0.895. The molecular weight excluding hydrogens is 250 g/mol. The number of hydrogen-bond donors (Lipinski definition) is 1. The van der Waals surface area contributed by atoms with Gasteiger partial charge in [0.1, 0.15) is 5.82 Å². The van der Waals surface area contributed by atoms with Gasteiger partial charge >= 0.3 is 0 Å². The zero-order valence-electron chi connectivity index (χ0n) is 13.0. The maximum absolute atomic E-state index is 4.63. The van der Waals surface area contributed by atoms with Crippen LogP contribution in [0.1, 0.15) is 31.0 Å². The molecule has 112 valence electrons. The van der Waals surface area contributed by atoms with Crippen molar-refractivity contribution in [1.29, 1.82) is 0 Å². The van der Waals surface area contributed by atoms with Gasteiger partial charge in [-0.2, -0.15) is 5.10 Å². The minimum absolute atomic E-state index is 0.895. The summed E-state index contributed by atoms with van der Waals surface area (Å²) in [6, 6.07) is 0.895. The lowest BCUT2D eigenvalue weighted by atomic mass is 10.2. The Balaban J connectivity index is 1.72. The third-order valence-corrected chi connectivity index (χ3v) is 4.54. The molecule has 1 aliphatic heterocycles. The number of hydrogen-bond acceptors (Lipinski definition) is 4. The highest BCUT2D eigenvalue weighted by molar-refractivity contribution is 5.50. The summed E-state index contributed by atoms with van der Waals surface area (Å²) in [6.45, 7) is 10.9. The van der Waals surface area contributed by atoms with Crippen LogP contribution < -0.4 is 10.2 Å². The van der Waals surface area contributed by atoms with Gasteiger partial charge in [0.2, 0.25) is 0 Å². The van der Waals surface area contributed by atoms with Gasteiger partial charge in [-0.3, -0.25) is 9.58 Å². The van der Waals surface area contributed by atoms with Crippen LogP contribution in [0.2, 0.25) is 0 Å². The first-order valence-electron chi connectivity index (χ1n) is 7.93. The molecule has 0 spiro atoms. The number of anilines is 1. The fourth-order valence-corrected chi connectivity index (χ4v) is 3.28. The number of rotatable bonds is 5. The molecular formula is C15H27N5. The molecule has 2 heterocycles. The van der Waals surface area contributed by atoms with Crippen LogP contribution in [0, 0.1) is 6.92 Å². The van der Waals surface area contributed by atoms with Crippen molar-refractivity contribution in [3.05, 3.63) is 11.3 Å². The van der Waals surface area contributed by atoms with Crippen molar-refractivity contribution in [3.63, 3.8) is 0 Å². The predicted molar refractivity (Wildman–Crippen MR) is 82.1 cm³/mol. The molecule has 0 aromatic carbocycles. The Bertz CT molecular complexity index is 455. The van der Waals surface area contributed by atoms with Gasteiger partial charge in [-0.25, -0.2) is 0 Å². The standard InChI is InChI=1S/C15H27N5/c1-4-16-11-14-12(2)17-18(3)15(14)20-9-7-19(8-10-20)13-5-6-13/h13,16H,4-11H2,1-3H3. The molecule has 1 aromatic rings. The molecule has 1 aliphatic carbocycles. The van der Waals surface area contributed by atoms with Crippen LogP contribution >= 0.6 is 0 Å². The molecule has 0 unspecified atom stereocenters. The second kappa shape index (κ2) is 5.74. The van der Waals surface area contributed by atoms with Crippen molar-refractivity contribution >= 4 is 5.82 Å². The Morgan fingerprint density at radius 1 is 1.20 bits per heavy atom. The van der Waals surface area contributed by atoms with E-state index in [4.69, 9.17) is 0 Å². The van der Waals surface area contributed by atoms with E-state index in [-0.39, 0.29) is 0 Å². The van der Waals surface area contributed by atoms with Crippen molar-refractivity contribution < 1.29 is 0 Å². The Hall–Kier alpha value is -1.07. The highest BCUT2D eigenvalue weighted by atomic mass is 15.4. The molecule has 2 aliphatic rings. The molecule has 1 saturated carbocycles. The van der Waals surface area contributed by atoms with Crippen LogP contribution in [-0.4, -0.2) is 53.4 Å². The Labute approximate surface area is 121 Å². The molecule has 0 radical (unpaired) electrons. The third kappa shape index (κ3) is 2.69. The fraction of sp³-hybridized carbons (Fsp3) is 0.800. The first-order valence-corrected chi connectivity index (χ1v) is 7.93.